The van der Waals surface area contributed by atoms with Crippen molar-refractivity contribution in [3.63, 3.8) is 0 Å². The number of aliphatic imine (C=N–C) groups is 1. The highest BCUT2D eigenvalue weighted by atomic mass is 32.2. The van der Waals surface area contributed by atoms with E-state index < -0.39 is 23.2 Å². The van der Waals surface area contributed by atoms with Gasteiger partial charge in [0.15, 0.2) is 0 Å². The van der Waals surface area contributed by atoms with Gasteiger partial charge in [0.25, 0.3) is 0 Å². The number of hydrogen-bond acceptors (Lipinski definition) is 5. The number of aliphatic hydroxyl groups is 2. The zero-order valence-corrected chi connectivity index (χ0v) is 25.8. The van der Waals surface area contributed by atoms with Gasteiger partial charge in [-0.3, -0.25) is 9.79 Å². The van der Waals surface area contributed by atoms with Gasteiger partial charge in [0.1, 0.15) is 0 Å². The minimum absolute atomic E-state index is 0.0120. The molecule has 0 spiro atoms. The molecule has 3 unspecified atom stereocenters. The second-order valence-corrected chi connectivity index (χ2v) is 14.0. The topological polar surface area (TPSA) is 128 Å². The van der Waals surface area contributed by atoms with Crippen LogP contribution in [0.2, 0.25) is 0 Å². The quantitative estimate of drug-likeness (QED) is 0.207. The van der Waals surface area contributed by atoms with Crippen molar-refractivity contribution in [2.75, 3.05) is 19.6 Å². The Balaban J connectivity index is 1.32. The highest BCUT2D eigenvalue weighted by Crippen LogP contribution is 2.44. The van der Waals surface area contributed by atoms with Gasteiger partial charge in [0, 0.05) is 36.7 Å². The minimum atomic E-state index is -1.28. The number of carbonyl (C=O) groups excluding carboxylic acids is 1. The summed E-state index contributed by atoms with van der Waals surface area (Å²) in [7, 11) is -1.28. The van der Waals surface area contributed by atoms with Gasteiger partial charge in [-0.25, -0.2) is 8.93 Å². The van der Waals surface area contributed by atoms with Crippen LogP contribution in [0.1, 0.15) is 83.6 Å². The summed E-state index contributed by atoms with van der Waals surface area (Å²) in [5.41, 5.74) is 7.77. The molecule has 0 heterocycles. The number of nitrogens with two attached hydrogens (primary N) is 1. The molecular weight excluding hydrogens is 536 g/mol. The normalized spacial score (nSPS) is 30.8. The van der Waals surface area contributed by atoms with Gasteiger partial charge in [-0.1, -0.05) is 49.6 Å². The zero-order valence-electron chi connectivity index (χ0n) is 25.0. The van der Waals surface area contributed by atoms with E-state index in [9.17, 15) is 19.2 Å². The molecule has 8 nitrogen and oxygen atoms in total. The van der Waals surface area contributed by atoms with Crippen LogP contribution in [0.25, 0.3) is 0 Å². The molecule has 5 N–H and O–H groups in total. The first-order chi connectivity index (χ1) is 19.8. The molecule has 0 bridgehead atoms. The Labute approximate surface area is 249 Å². The third-order valence-corrected chi connectivity index (χ3v) is 11.3. The first-order valence-electron chi connectivity index (χ1n) is 16.0. The van der Waals surface area contributed by atoms with E-state index in [-0.39, 0.29) is 35.6 Å². The predicted octanol–water partition coefficient (Wildman–Crippen LogP) is 3.57. The second kappa shape index (κ2) is 15.6. The summed E-state index contributed by atoms with van der Waals surface area (Å²) in [6, 6.07) is 9.93. The summed E-state index contributed by atoms with van der Waals surface area (Å²) < 4.78 is 16.1. The minimum Gasteiger partial charge on any atom is -0.392 e. The predicted molar refractivity (Wildman–Crippen MR) is 166 cm³/mol. The highest BCUT2D eigenvalue weighted by molar-refractivity contribution is 7.83. The number of amides is 1. The number of aliphatic hydroxyl groups excluding tert-OH is 2. The van der Waals surface area contributed by atoms with Crippen LogP contribution < -0.4 is 10.5 Å². The number of benzene rings is 1. The number of carbonyl (C=O) groups is 1. The van der Waals surface area contributed by atoms with Crippen molar-refractivity contribution >= 4 is 22.7 Å². The largest absolute Gasteiger partial charge is 0.392 e. The van der Waals surface area contributed by atoms with Gasteiger partial charge >= 0.3 is 0 Å². The molecule has 3 saturated carbocycles. The van der Waals surface area contributed by atoms with Gasteiger partial charge in [-0.15, -0.1) is 0 Å². The zero-order chi connectivity index (χ0) is 29.4. The molecule has 230 valence electrons. The van der Waals surface area contributed by atoms with Crippen LogP contribution in [0.4, 0.5) is 0 Å². The Hall–Kier alpha value is -1.81. The van der Waals surface area contributed by atoms with Crippen LogP contribution in [-0.2, 0) is 22.2 Å². The average Bonchev–Trinajstić information content (AvgIpc) is 3.31. The molecule has 1 amide bonds. The molecule has 0 aromatic heterocycles. The lowest BCUT2D eigenvalue weighted by atomic mass is 9.80. The van der Waals surface area contributed by atoms with Crippen molar-refractivity contribution in [1.82, 2.24) is 9.62 Å². The highest BCUT2D eigenvalue weighted by Gasteiger charge is 2.43. The van der Waals surface area contributed by atoms with Gasteiger partial charge < -0.3 is 20.8 Å². The maximum Gasteiger partial charge on any atom is 0.225 e. The van der Waals surface area contributed by atoms with E-state index in [2.05, 4.69) is 16.9 Å². The smallest absolute Gasteiger partial charge is 0.225 e. The van der Waals surface area contributed by atoms with Crippen LogP contribution in [-0.4, -0.2) is 74.2 Å². The van der Waals surface area contributed by atoms with E-state index in [1.54, 1.807) is 0 Å². The van der Waals surface area contributed by atoms with Crippen LogP contribution >= 0.6 is 0 Å². The number of nitrogens with one attached hydrogen (secondary N) is 1. The van der Waals surface area contributed by atoms with Crippen molar-refractivity contribution in [3.8, 4) is 0 Å². The van der Waals surface area contributed by atoms with Crippen LogP contribution in [0.15, 0.2) is 35.3 Å². The molecule has 41 heavy (non-hydrogen) atoms. The molecule has 9 heteroatoms. The van der Waals surface area contributed by atoms with E-state index in [1.165, 1.54) is 12.8 Å². The Morgan fingerprint density at radius 2 is 1.78 bits per heavy atom. The van der Waals surface area contributed by atoms with Crippen molar-refractivity contribution in [3.05, 3.63) is 35.9 Å². The lowest BCUT2D eigenvalue weighted by molar-refractivity contribution is -0.136. The van der Waals surface area contributed by atoms with E-state index in [0.717, 1.165) is 63.6 Å². The third kappa shape index (κ3) is 8.62. The first kappa shape index (κ1) is 32.1. The summed E-state index contributed by atoms with van der Waals surface area (Å²) in [5, 5.41) is 21.8. The Kier molecular flexibility index (Phi) is 12.2. The van der Waals surface area contributed by atoms with Crippen LogP contribution in [0.5, 0.6) is 0 Å². The number of rotatable bonds is 13. The van der Waals surface area contributed by atoms with E-state index in [4.69, 9.17) is 10.7 Å². The fourth-order valence-corrected chi connectivity index (χ4v) is 8.70. The van der Waals surface area contributed by atoms with Crippen LogP contribution in [0.3, 0.4) is 0 Å². The second-order valence-electron chi connectivity index (χ2n) is 12.5. The van der Waals surface area contributed by atoms with E-state index in [1.807, 2.05) is 36.9 Å². The molecule has 0 aliphatic heterocycles. The first-order valence-corrected chi connectivity index (χ1v) is 17.2. The number of nitrogens with zero attached hydrogens (tertiary/aromatic N) is 2. The summed E-state index contributed by atoms with van der Waals surface area (Å²) in [4.78, 5) is 19.5. The summed E-state index contributed by atoms with van der Waals surface area (Å²) >= 11 is 0. The van der Waals surface area contributed by atoms with Crippen molar-refractivity contribution in [2.45, 2.75) is 108 Å². The van der Waals surface area contributed by atoms with Gasteiger partial charge in [-0.05, 0) is 82.6 Å². The SMILES string of the molecule is CCN(CC)C(=O)C1CCC(S(=O)NC[C@@H](O)C[C@@H](Cc2ccccc2)C(N)=N[C@H]2C3CCCCC3C[C@H]2O)CC1. The fourth-order valence-electron chi connectivity index (χ4n) is 7.41. The molecule has 3 aliphatic rings. The van der Waals surface area contributed by atoms with Crippen molar-refractivity contribution < 1.29 is 19.2 Å². The molecule has 0 saturated heterocycles. The average molecular weight is 589 g/mol. The molecule has 4 rings (SSSR count). The number of fused-ring (bicyclic) bond motifs is 1. The Morgan fingerprint density at radius 3 is 2.46 bits per heavy atom. The van der Waals surface area contributed by atoms with Gasteiger partial charge in [-0.2, -0.15) is 0 Å². The van der Waals surface area contributed by atoms with Gasteiger partial charge in [0.2, 0.25) is 5.91 Å². The third-order valence-electron chi connectivity index (χ3n) is 9.81. The molecule has 7 atom stereocenters. The molecule has 0 radical (unpaired) electrons. The lowest BCUT2D eigenvalue weighted by Crippen LogP contribution is -2.41. The molecule has 3 aliphatic carbocycles. The standard InChI is InChI=1S/C32H52N4O4S/c1-3-36(4-2)32(39)23-14-16-27(17-15-23)41(40)34-21-26(37)19-25(18-22-10-6-5-7-11-22)31(33)35-30-28-13-9-8-12-24(28)20-29(30)38/h5-7,10-11,23-30,34,37-38H,3-4,8-9,12-21H2,1-2H3,(H2,33,35)/t23?,24?,25-,26+,27?,28?,29-,30+,41?/m1/s1. The molecule has 3 fully saturated rings. The molecular formula is C32H52N4O4S. The summed E-state index contributed by atoms with van der Waals surface area (Å²) in [5.74, 6) is 1.48. The van der Waals surface area contributed by atoms with Crippen molar-refractivity contribution in [2.24, 2.45) is 34.4 Å². The molecule has 1 aromatic rings. The maximum absolute atomic E-state index is 13.1. The van der Waals surface area contributed by atoms with Crippen molar-refractivity contribution in [1.29, 1.82) is 0 Å². The Bertz CT molecular complexity index is 1010. The lowest BCUT2D eigenvalue weighted by Gasteiger charge is -2.31. The van der Waals surface area contributed by atoms with E-state index in [0.29, 0.717) is 30.5 Å². The fraction of sp³-hybridized carbons (Fsp3) is 0.750. The monoisotopic (exact) mass is 588 g/mol. The summed E-state index contributed by atoms with van der Waals surface area (Å²) in [6.07, 6.45) is 8.35. The number of hydrogen-bond donors (Lipinski definition) is 4. The van der Waals surface area contributed by atoms with Gasteiger partial charge in [0.05, 0.1) is 35.1 Å². The summed E-state index contributed by atoms with van der Waals surface area (Å²) in [6.45, 7) is 5.67. The van der Waals surface area contributed by atoms with E-state index >= 15 is 0 Å². The maximum atomic E-state index is 13.1. The molecule has 1 aromatic carbocycles. The number of amidine groups is 1. The Morgan fingerprint density at radius 1 is 1.10 bits per heavy atom. The van der Waals surface area contributed by atoms with Crippen LogP contribution in [0, 0.1) is 23.7 Å².